The number of carbonyl (C=O) groups is 1. The fraction of sp³-hybridized carbons (Fsp3) is 0.647. The van der Waals surface area contributed by atoms with Gasteiger partial charge in [0, 0.05) is 4.88 Å². The predicted molar refractivity (Wildman–Crippen MR) is 92.0 cm³/mol. The second kappa shape index (κ2) is 5.51. The van der Waals surface area contributed by atoms with Crippen LogP contribution >= 0.6 is 11.3 Å². The van der Waals surface area contributed by atoms with Crippen LogP contribution in [0.2, 0.25) is 0 Å². The Morgan fingerprint density at radius 1 is 1.39 bits per heavy atom. The molecule has 23 heavy (non-hydrogen) atoms. The summed E-state index contributed by atoms with van der Waals surface area (Å²) in [6.07, 6.45) is 3.00. The summed E-state index contributed by atoms with van der Waals surface area (Å²) in [5.74, 6) is 0.534. The van der Waals surface area contributed by atoms with E-state index in [1.54, 1.807) is 18.3 Å². The molecule has 1 aliphatic carbocycles. The molecule has 3 rings (SSSR count). The van der Waals surface area contributed by atoms with Crippen molar-refractivity contribution in [2.45, 2.75) is 59.9 Å². The van der Waals surface area contributed by atoms with Gasteiger partial charge in [-0.05, 0) is 50.0 Å². The molecule has 0 aliphatic heterocycles. The summed E-state index contributed by atoms with van der Waals surface area (Å²) >= 11 is 1.59. The van der Waals surface area contributed by atoms with Crippen molar-refractivity contribution in [2.24, 2.45) is 11.3 Å². The summed E-state index contributed by atoms with van der Waals surface area (Å²) in [6, 6.07) is -0.569. The van der Waals surface area contributed by atoms with Gasteiger partial charge in [-0.3, -0.25) is 9.59 Å². The van der Waals surface area contributed by atoms with Gasteiger partial charge in [-0.15, -0.1) is 16.4 Å². The zero-order chi connectivity index (χ0) is 16.9. The summed E-state index contributed by atoms with van der Waals surface area (Å²) in [6.45, 7) is 9.99. The molecule has 0 amide bonds. The Labute approximate surface area is 139 Å². The quantitative estimate of drug-likeness (QED) is 0.847. The van der Waals surface area contributed by atoms with Crippen LogP contribution in [0.1, 0.15) is 57.5 Å². The normalized spacial score (nSPS) is 19.6. The van der Waals surface area contributed by atoms with Gasteiger partial charge in [-0.1, -0.05) is 26.0 Å². The van der Waals surface area contributed by atoms with E-state index in [0.717, 1.165) is 24.8 Å². The lowest BCUT2D eigenvalue weighted by Crippen LogP contribution is -2.31. The van der Waals surface area contributed by atoms with Crippen LogP contribution in [0.3, 0.4) is 0 Å². The summed E-state index contributed by atoms with van der Waals surface area (Å²) < 4.78 is 1.23. The van der Waals surface area contributed by atoms with Crippen LogP contribution in [0, 0.1) is 11.3 Å². The highest BCUT2D eigenvalue weighted by molar-refractivity contribution is 7.18. The Bertz CT molecular complexity index is 829. The first kappa shape index (κ1) is 16.3. The van der Waals surface area contributed by atoms with Crippen LogP contribution in [0.25, 0.3) is 10.2 Å². The van der Waals surface area contributed by atoms with Crippen molar-refractivity contribution >= 4 is 27.3 Å². The van der Waals surface area contributed by atoms with Gasteiger partial charge in [0.05, 0.1) is 5.39 Å². The number of aromatic nitrogens is 3. The number of aryl methyl sites for hydroxylation is 1. The number of hydrogen-bond donors (Lipinski definition) is 0. The highest BCUT2D eigenvalue weighted by Gasteiger charge is 2.32. The van der Waals surface area contributed by atoms with E-state index in [9.17, 15) is 9.59 Å². The SMILES string of the molecule is CC(=O)[C@H](C)n1nnc2sc3c(c2c1=O)CC[C@H](C(C)(C)C)C3. The molecule has 1 aliphatic rings. The lowest BCUT2D eigenvalue weighted by molar-refractivity contribution is -0.120. The Morgan fingerprint density at radius 2 is 2.09 bits per heavy atom. The van der Waals surface area contributed by atoms with Crippen LogP contribution in [0.4, 0.5) is 0 Å². The van der Waals surface area contributed by atoms with Crippen molar-refractivity contribution in [1.82, 2.24) is 15.0 Å². The maximum atomic E-state index is 12.8. The second-order valence-electron chi connectivity index (χ2n) is 7.62. The third-order valence-corrected chi connectivity index (χ3v) is 6.22. The molecule has 0 bridgehead atoms. The van der Waals surface area contributed by atoms with E-state index in [4.69, 9.17) is 0 Å². The van der Waals surface area contributed by atoms with Crippen molar-refractivity contribution in [3.63, 3.8) is 0 Å². The minimum atomic E-state index is -0.569. The first-order valence-electron chi connectivity index (χ1n) is 8.10. The Morgan fingerprint density at radius 3 is 2.70 bits per heavy atom. The minimum Gasteiger partial charge on any atom is -0.298 e. The molecular weight excluding hydrogens is 310 g/mol. The van der Waals surface area contributed by atoms with E-state index in [2.05, 4.69) is 31.1 Å². The summed E-state index contributed by atoms with van der Waals surface area (Å²) in [5, 5.41) is 8.88. The topological polar surface area (TPSA) is 64.8 Å². The fourth-order valence-electron chi connectivity index (χ4n) is 3.27. The van der Waals surface area contributed by atoms with E-state index in [-0.39, 0.29) is 16.8 Å². The molecule has 2 heterocycles. The second-order valence-corrected chi connectivity index (χ2v) is 8.70. The summed E-state index contributed by atoms with van der Waals surface area (Å²) in [4.78, 5) is 26.4. The molecule has 0 aromatic carbocycles. The van der Waals surface area contributed by atoms with Gasteiger partial charge >= 0.3 is 0 Å². The van der Waals surface area contributed by atoms with Crippen LogP contribution in [-0.4, -0.2) is 20.8 Å². The van der Waals surface area contributed by atoms with Crippen LogP contribution < -0.4 is 5.56 Å². The highest BCUT2D eigenvalue weighted by Crippen LogP contribution is 2.41. The number of ketones is 1. The highest BCUT2D eigenvalue weighted by atomic mass is 32.1. The van der Waals surface area contributed by atoms with E-state index in [0.29, 0.717) is 16.1 Å². The standard InChI is InChI=1S/C17H23N3O2S/c1-9(10(2)21)20-16(22)14-12-7-6-11(17(3,4)5)8-13(12)23-15(14)18-19-20/h9,11H,6-8H2,1-5H3/t9-,11-/m0/s1. The average Bonchev–Trinajstić information content (AvgIpc) is 2.84. The Balaban J connectivity index is 2.11. The molecule has 0 saturated carbocycles. The van der Waals surface area contributed by atoms with Crippen LogP contribution in [0.5, 0.6) is 0 Å². The number of fused-ring (bicyclic) bond motifs is 3. The van der Waals surface area contributed by atoms with Crippen molar-refractivity contribution < 1.29 is 4.79 Å². The molecule has 0 saturated heterocycles. The number of Topliss-reactive ketones (excluding diaryl/α,β-unsaturated/α-hetero) is 1. The van der Waals surface area contributed by atoms with Crippen LogP contribution in [-0.2, 0) is 17.6 Å². The van der Waals surface area contributed by atoms with Crippen molar-refractivity contribution in [1.29, 1.82) is 0 Å². The number of nitrogens with zero attached hydrogens (tertiary/aromatic N) is 3. The molecule has 0 N–H and O–H groups in total. The van der Waals surface area contributed by atoms with Gasteiger partial charge in [-0.2, -0.15) is 0 Å². The van der Waals surface area contributed by atoms with E-state index >= 15 is 0 Å². The largest absolute Gasteiger partial charge is 0.298 e. The summed E-state index contributed by atoms with van der Waals surface area (Å²) in [7, 11) is 0. The van der Waals surface area contributed by atoms with E-state index in [1.807, 2.05) is 0 Å². The fourth-order valence-corrected chi connectivity index (χ4v) is 4.51. The molecule has 124 valence electrons. The molecule has 2 aromatic heterocycles. The van der Waals surface area contributed by atoms with Gasteiger partial charge in [0.15, 0.2) is 10.6 Å². The Hall–Kier alpha value is -1.56. The van der Waals surface area contributed by atoms with Crippen LogP contribution in [0.15, 0.2) is 4.79 Å². The Kier molecular flexibility index (Phi) is 3.91. The van der Waals surface area contributed by atoms with E-state index in [1.165, 1.54) is 16.5 Å². The van der Waals surface area contributed by atoms with Crippen molar-refractivity contribution in [3.05, 3.63) is 20.8 Å². The molecule has 0 radical (unpaired) electrons. The molecule has 2 atom stereocenters. The maximum Gasteiger partial charge on any atom is 0.279 e. The minimum absolute atomic E-state index is 0.0855. The lowest BCUT2D eigenvalue weighted by atomic mass is 9.72. The van der Waals surface area contributed by atoms with Gasteiger partial charge in [0.25, 0.3) is 5.56 Å². The number of hydrogen-bond acceptors (Lipinski definition) is 5. The van der Waals surface area contributed by atoms with Crippen molar-refractivity contribution in [2.75, 3.05) is 0 Å². The number of thiophene rings is 1. The zero-order valence-electron chi connectivity index (χ0n) is 14.3. The van der Waals surface area contributed by atoms with Gasteiger partial charge in [0.1, 0.15) is 6.04 Å². The number of carbonyl (C=O) groups excluding carboxylic acids is 1. The monoisotopic (exact) mass is 333 g/mol. The lowest BCUT2D eigenvalue weighted by Gasteiger charge is -2.33. The first-order valence-corrected chi connectivity index (χ1v) is 8.92. The molecule has 5 nitrogen and oxygen atoms in total. The number of rotatable bonds is 2. The smallest absolute Gasteiger partial charge is 0.279 e. The molecule has 2 aromatic rings. The third kappa shape index (κ3) is 2.73. The molecule has 0 spiro atoms. The van der Waals surface area contributed by atoms with Gasteiger partial charge < -0.3 is 0 Å². The third-order valence-electron chi connectivity index (χ3n) is 5.08. The molecule has 6 heteroatoms. The van der Waals surface area contributed by atoms with Gasteiger partial charge in [-0.25, -0.2) is 4.68 Å². The van der Waals surface area contributed by atoms with Crippen molar-refractivity contribution in [3.8, 4) is 0 Å². The average molecular weight is 333 g/mol. The predicted octanol–water partition coefficient (Wildman–Crippen LogP) is 3.15. The molecule has 0 fully saturated rings. The molecular formula is C17H23N3O2S. The van der Waals surface area contributed by atoms with Gasteiger partial charge in [0.2, 0.25) is 0 Å². The maximum absolute atomic E-state index is 12.8. The zero-order valence-corrected chi connectivity index (χ0v) is 15.2. The summed E-state index contributed by atoms with van der Waals surface area (Å²) in [5.41, 5.74) is 1.22. The molecule has 0 unspecified atom stereocenters. The first-order chi connectivity index (χ1) is 10.7. The van der Waals surface area contributed by atoms with E-state index < -0.39 is 6.04 Å².